The van der Waals surface area contributed by atoms with Crippen molar-refractivity contribution >= 4 is 33.3 Å². The number of rotatable bonds is 8. The summed E-state index contributed by atoms with van der Waals surface area (Å²) in [6.45, 7) is 0.117. The summed E-state index contributed by atoms with van der Waals surface area (Å²) in [6, 6.07) is 1.33. The summed E-state index contributed by atoms with van der Waals surface area (Å²) in [5.74, 6) is -1.62. The second kappa shape index (κ2) is 7.36. The van der Waals surface area contributed by atoms with Crippen molar-refractivity contribution in [1.82, 2.24) is 4.72 Å². The molecule has 0 unspecified atom stereocenters. The summed E-state index contributed by atoms with van der Waals surface area (Å²) in [5.41, 5.74) is 0. The number of carboxylic acid groups (broad SMARTS) is 1. The fraction of sp³-hybridized carbons (Fsp3) is 0.455. The molecule has 0 aliphatic heterocycles. The molecule has 0 aromatic carbocycles. The molecule has 7 nitrogen and oxygen atoms in total. The zero-order valence-electron chi connectivity index (χ0n) is 10.8. The van der Waals surface area contributed by atoms with Gasteiger partial charge in [-0.15, -0.1) is 11.3 Å². The van der Waals surface area contributed by atoms with Gasteiger partial charge in [0.2, 0.25) is 10.0 Å². The molecule has 112 valence electrons. The maximum Gasteiger partial charge on any atom is 0.349 e. The third-order valence-electron chi connectivity index (χ3n) is 2.40. The molecule has 9 heteroatoms. The molecule has 0 atom stereocenters. The molecule has 0 bridgehead atoms. The van der Waals surface area contributed by atoms with E-state index in [1.165, 1.54) is 18.6 Å². The van der Waals surface area contributed by atoms with Crippen molar-refractivity contribution in [2.24, 2.45) is 0 Å². The third kappa shape index (κ3) is 4.58. The van der Waals surface area contributed by atoms with Crippen LogP contribution >= 0.6 is 11.3 Å². The topological polar surface area (TPSA) is 110 Å². The number of aliphatic carboxylic acids is 1. The van der Waals surface area contributed by atoms with Gasteiger partial charge in [-0.1, -0.05) is 0 Å². The number of methoxy groups -OCH3 is 1. The minimum atomic E-state index is -3.79. The molecular formula is C11H15NO6S2. The van der Waals surface area contributed by atoms with Crippen LogP contribution in [0.15, 0.2) is 16.3 Å². The van der Waals surface area contributed by atoms with Gasteiger partial charge in [-0.05, 0) is 24.3 Å². The first-order valence-electron chi connectivity index (χ1n) is 5.75. The number of unbranched alkanes of at least 4 members (excludes halogenated alkanes) is 1. The summed E-state index contributed by atoms with van der Waals surface area (Å²) >= 11 is 0.985. The van der Waals surface area contributed by atoms with Gasteiger partial charge in [0.1, 0.15) is 9.77 Å². The summed E-state index contributed by atoms with van der Waals surface area (Å²) in [7, 11) is -2.61. The first kappa shape index (κ1) is 16.6. The smallest absolute Gasteiger partial charge is 0.349 e. The van der Waals surface area contributed by atoms with Gasteiger partial charge in [0.25, 0.3) is 0 Å². The summed E-state index contributed by atoms with van der Waals surface area (Å²) < 4.78 is 30.9. The Morgan fingerprint density at radius 2 is 2.10 bits per heavy atom. The molecule has 0 aliphatic rings. The van der Waals surface area contributed by atoms with E-state index in [1.807, 2.05) is 0 Å². The Kier molecular flexibility index (Phi) is 6.11. The van der Waals surface area contributed by atoms with E-state index in [-0.39, 0.29) is 22.7 Å². The van der Waals surface area contributed by atoms with E-state index >= 15 is 0 Å². The van der Waals surface area contributed by atoms with Crippen LogP contribution < -0.4 is 4.72 Å². The van der Waals surface area contributed by atoms with Gasteiger partial charge in [0.05, 0.1) is 7.11 Å². The van der Waals surface area contributed by atoms with Crippen molar-refractivity contribution in [2.75, 3.05) is 13.7 Å². The maximum atomic E-state index is 12.0. The number of hydrogen-bond donors (Lipinski definition) is 2. The lowest BCUT2D eigenvalue weighted by Crippen LogP contribution is -2.26. The molecule has 0 saturated heterocycles. The van der Waals surface area contributed by atoms with Crippen molar-refractivity contribution in [3.05, 3.63) is 16.3 Å². The van der Waals surface area contributed by atoms with Gasteiger partial charge in [-0.2, -0.15) is 0 Å². The highest BCUT2D eigenvalue weighted by molar-refractivity contribution is 7.89. The number of esters is 1. The second-order valence-electron chi connectivity index (χ2n) is 3.85. The van der Waals surface area contributed by atoms with Crippen molar-refractivity contribution in [2.45, 2.75) is 24.2 Å². The number of hydrogen-bond acceptors (Lipinski definition) is 6. The fourth-order valence-corrected chi connectivity index (χ4v) is 3.84. The fourth-order valence-electron chi connectivity index (χ4n) is 1.44. The number of carboxylic acids is 1. The lowest BCUT2D eigenvalue weighted by Gasteiger charge is -2.06. The minimum Gasteiger partial charge on any atom is -0.481 e. The predicted octanol–water partition coefficient (Wildman–Crippen LogP) is 1.07. The number of sulfonamides is 1. The van der Waals surface area contributed by atoms with Crippen LogP contribution in [0.25, 0.3) is 0 Å². The number of carbonyl (C=O) groups is 2. The Labute approximate surface area is 120 Å². The molecule has 0 radical (unpaired) electrons. The quantitative estimate of drug-likeness (QED) is 0.547. The van der Waals surface area contributed by atoms with Crippen LogP contribution in [0.4, 0.5) is 0 Å². The molecule has 1 rings (SSSR count). The van der Waals surface area contributed by atoms with Crippen LogP contribution in [0.1, 0.15) is 28.9 Å². The molecule has 0 fully saturated rings. The molecule has 1 heterocycles. The Morgan fingerprint density at radius 1 is 1.40 bits per heavy atom. The zero-order chi connectivity index (χ0) is 15.2. The van der Waals surface area contributed by atoms with Crippen molar-refractivity contribution < 1.29 is 27.9 Å². The highest BCUT2D eigenvalue weighted by atomic mass is 32.2. The van der Waals surface area contributed by atoms with Gasteiger partial charge in [0, 0.05) is 13.0 Å². The van der Waals surface area contributed by atoms with Gasteiger partial charge in [-0.25, -0.2) is 17.9 Å². The first-order chi connectivity index (χ1) is 9.38. The van der Waals surface area contributed by atoms with Crippen LogP contribution in [-0.2, 0) is 19.6 Å². The molecule has 0 saturated carbocycles. The summed E-state index contributed by atoms with van der Waals surface area (Å²) in [4.78, 5) is 21.6. The average molecular weight is 321 g/mol. The van der Waals surface area contributed by atoms with Gasteiger partial charge < -0.3 is 9.84 Å². The molecule has 20 heavy (non-hydrogen) atoms. The average Bonchev–Trinajstić information content (AvgIpc) is 2.87. The Balaban J connectivity index is 2.63. The largest absolute Gasteiger partial charge is 0.481 e. The molecule has 2 N–H and O–H groups in total. The van der Waals surface area contributed by atoms with E-state index in [2.05, 4.69) is 9.46 Å². The van der Waals surface area contributed by atoms with E-state index in [1.54, 1.807) is 0 Å². The van der Waals surface area contributed by atoms with Gasteiger partial charge in [-0.3, -0.25) is 4.79 Å². The van der Waals surface area contributed by atoms with E-state index in [0.717, 1.165) is 11.3 Å². The number of thiophene rings is 1. The van der Waals surface area contributed by atoms with Crippen molar-refractivity contribution in [1.29, 1.82) is 0 Å². The Hall–Kier alpha value is -1.45. The lowest BCUT2D eigenvalue weighted by atomic mass is 10.2. The van der Waals surface area contributed by atoms with E-state index in [4.69, 9.17) is 5.11 Å². The highest BCUT2D eigenvalue weighted by Gasteiger charge is 2.24. The van der Waals surface area contributed by atoms with Gasteiger partial charge >= 0.3 is 11.9 Å². The SMILES string of the molecule is COC(=O)c1sccc1S(=O)(=O)NCCCCC(=O)O. The van der Waals surface area contributed by atoms with E-state index in [9.17, 15) is 18.0 Å². The lowest BCUT2D eigenvalue weighted by molar-refractivity contribution is -0.137. The first-order valence-corrected chi connectivity index (χ1v) is 8.12. The van der Waals surface area contributed by atoms with Crippen molar-refractivity contribution in [3.63, 3.8) is 0 Å². The zero-order valence-corrected chi connectivity index (χ0v) is 12.4. The van der Waals surface area contributed by atoms with Gasteiger partial charge in [0.15, 0.2) is 0 Å². The number of carbonyl (C=O) groups excluding carboxylic acids is 1. The van der Waals surface area contributed by atoms with Crippen molar-refractivity contribution in [3.8, 4) is 0 Å². The monoisotopic (exact) mass is 321 g/mol. The molecular weight excluding hydrogens is 306 g/mol. The van der Waals surface area contributed by atoms with E-state index in [0.29, 0.717) is 12.8 Å². The molecule has 1 aromatic heterocycles. The third-order valence-corrected chi connectivity index (χ3v) is 4.93. The van der Waals surface area contributed by atoms with Crippen LogP contribution in [0.2, 0.25) is 0 Å². The molecule has 0 aliphatic carbocycles. The Bertz CT molecular complexity index is 577. The Morgan fingerprint density at radius 3 is 2.70 bits per heavy atom. The normalized spacial score (nSPS) is 11.2. The number of nitrogens with one attached hydrogen (secondary N) is 1. The standard InChI is InChI=1S/C11H15NO6S2/c1-18-11(15)10-8(5-7-19-10)20(16,17)12-6-3-2-4-9(13)14/h5,7,12H,2-4,6H2,1H3,(H,13,14). The molecule has 0 spiro atoms. The second-order valence-corrected chi connectivity index (χ2v) is 6.51. The summed E-state index contributed by atoms with van der Waals surface area (Å²) in [6.07, 6.45) is 0.780. The summed E-state index contributed by atoms with van der Waals surface area (Å²) in [5, 5.41) is 9.95. The molecule has 1 aromatic rings. The van der Waals surface area contributed by atoms with Crippen LogP contribution in [-0.4, -0.2) is 39.1 Å². The maximum absolute atomic E-state index is 12.0. The number of ether oxygens (including phenoxy) is 1. The minimum absolute atomic E-state index is 0.00636. The van der Waals surface area contributed by atoms with E-state index < -0.39 is 22.0 Å². The predicted molar refractivity (Wildman–Crippen MR) is 72.3 cm³/mol. The van der Waals surface area contributed by atoms with Crippen LogP contribution in [0, 0.1) is 0 Å². The van der Waals surface area contributed by atoms with Crippen LogP contribution in [0.5, 0.6) is 0 Å². The van der Waals surface area contributed by atoms with Crippen LogP contribution in [0.3, 0.4) is 0 Å². The molecule has 0 amide bonds. The highest BCUT2D eigenvalue weighted by Crippen LogP contribution is 2.22.